The molecule has 3 aromatic rings. The fourth-order valence-corrected chi connectivity index (χ4v) is 4.04. The normalized spacial score (nSPS) is 14.7. The van der Waals surface area contributed by atoms with Gasteiger partial charge in [0.1, 0.15) is 16.9 Å². The molecular weight excluding hydrogens is 400 g/mol. The monoisotopic (exact) mass is 422 g/mol. The van der Waals surface area contributed by atoms with E-state index in [-0.39, 0.29) is 12.0 Å². The predicted molar refractivity (Wildman–Crippen MR) is 115 cm³/mol. The van der Waals surface area contributed by atoms with Crippen LogP contribution in [0.3, 0.4) is 0 Å². The van der Waals surface area contributed by atoms with Crippen molar-refractivity contribution in [2.45, 2.75) is 24.5 Å². The Morgan fingerprint density at radius 2 is 2.17 bits per heavy atom. The second-order valence-corrected chi connectivity index (χ2v) is 7.77. The van der Waals surface area contributed by atoms with Gasteiger partial charge in [-0.2, -0.15) is 0 Å². The molecule has 1 N–H and O–H groups in total. The Morgan fingerprint density at radius 3 is 2.90 bits per heavy atom. The number of fused-ring (bicyclic) bond motifs is 1. The highest BCUT2D eigenvalue weighted by Crippen LogP contribution is 2.39. The zero-order valence-corrected chi connectivity index (χ0v) is 17.8. The Balaban J connectivity index is 1.49. The number of ether oxygens (including phenoxy) is 2. The average Bonchev–Trinajstić information content (AvgIpc) is 3.19. The Morgan fingerprint density at radius 1 is 1.30 bits per heavy atom. The SMILES string of the molecule is COc1ccc(-c2cc(C)cc3c2O[C@@H](CNC(=O)c2cccnc2SC)C3)nn1. The van der Waals surface area contributed by atoms with Gasteiger partial charge in [0.2, 0.25) is 5.88 Å². The number of hydrogen-bond acceptors (Lipinski definition) is 7. The summed E-state index contributed by atoms with van der Waals surface area (Å²) in [5.41, 5.74) is 4.42. The third-order valence-electron chi connectivity index (χ3n) is 4.87. The molecule has 4 rings (SSSR count). The minimum absolute atomic E-state index is 0.148. The van der Waals surface area contributed by atoms with Gasteiger partial charge in [0.25, 0.3) is 5.91 Å². The lowest BCUT2D eigenvalue weighted by atomic mass is 10.0. The average molecular weight is 423 g/mol. The smallest absolute Gasteiger partial charge is 0.254 e. The van der Waals surface area contributed by atoms with E-state index in [0.717, 1.165) is 34.6 Å². The van der Waals surface area contributed by atoms with Crippen LogP contribution in [0, 0.1) is 6.92 Å². The summed E-state index contributed by atoms with van der Waals surface area (Å²) in [5, 5.41) is 12.0. The number of nitrogens with one attached hydrogen (secondary N) is 1. The highest BCUT2D eigenvalue weighted by atomic mass is 32.2. The summed E-state index contributed by atoms with van der Waals surface area (Å²) in [5.74, 6) is 1.11. The molecule has 1 aliphatic heterocycles. The Kier molecular flexibility index (Phi) is 5.85. The molecule has 0 saturated carbocycles. The van der Waals surface area contributed by atoms with Gasteiger partial charge in [-0.15, -0.1) is 22.0 Å². The second kappa shape index (κ2) is 8.71. The van der Waals surface area contributed by atoms with Crippen molar-refractivity contribution in [1.29, 1.82) is 0 Å². The standard InChI is InChI=1S/C22H22N4O3S/c1-13-9-14-11-15(12-24-21(27)16-5-4-8-23-22(16)30-3)29-20(14)17(10-13)18-6-7-19(28-2)26-25-18/h4-10,15H,11-12H2,1-3H3,(H,24,27)/t15-/m1/s1. The maximum Gasteiger partial charge on any atom is 0.254 e. The molecule has 8 heteroatoms. The first-order valence-electron chi connectivity index (χ1n) is 9.54. The van der Waals surface area contributed by atoms with E-state index < -0.39 is 0 Å². The van der Waals surface area contributed by atoms with Gasteiger partial charge in [0, 0.05) is 24.2 Å². The summed E-state index contributed by atoms with van der Waals surface area (Å²) >= 11 is 1.45. The van der Waals surface area contributed by atoms with Gasteiger partial charge >= 0.3 is 0 Å². The number of methoxy groups -OCH3 is 1. The van der Waals surface area contributed by atoms with E-state index in [2.05, 4.69) is 26.6 Å². The molecule has 0 aliphatic carbocycles. The Labute approximate surface area is 179 Å². The molecule has 1 atom stereocenters. The summed E-state index contributed by atoms with van der Waals surface area (Å²) in [6.45, 7) is 2.45. The van der Waals surface area contributed by atoms with E-state index in [0.29, 0.717) is 23.0 Å². The molecular formula is C22H22N4O3S. The number of benzene rings is 1. The number of amides is 1. The number of rotatable bonds is 6. The molecule has 0 bridgehead atoms. The fourth-order valence-electron chi connectivity index (χ4n) is 3.50. The molecule has 1 amide bonds. The fraction of sp³-hybridized carbons (Fsp3) is 0.273. The highest BCUT2D eigenvalue weighted by molar-refractivity contribution is 7.98. The van der Waals surface area contributed by atoms with Gasteiger partial charge in [-0.25, -0.2) is 4.98 Å². The topological polar surface area (TPSA) is 86.2 Å². The van der Waals surface area contributed by atoms with Crippen molar-refractivity contribution in [3.63, 3.8) is 0 Å². The number of aromatic nitrogens is 3. The second-order valence-electron chi connectivity index (χ2n) is 6.98. The number of hydrogen-bond donors (Lipinski definition) is 1. The molecule has 154 valence electrons. The molecule has 0 radical (unpaired) electrons. The van der Waals surface area contributed by atoms with Crippen LogP contribution in [0.5, 0.6) is 11.6 Å². The van der Waals surface area contributed by atoms with Crippen LogP contribution in [-0.2, 0) is 6.42 Å². The van der Waals surface area contributed by atoms with E-state index in [9.17, 15) is 4.79 Å². The van der Waals surface area contributed by atoms with E-state index in [1.165, 1.54) is 11.8 Å². The van der Waals surface area contributed by atoms with Crippen molar-refractivity contribution in [2.24, 2.45) is 0 Å². The van der Waals surface area contributed by atoms with Crippen LogP contribution in [0.15, 0.2) is 47.6 Å². The van der Waals surface area contributed by atoms with Gasteiger partial charge in [-0.05, 0) is 48.6 Å². The third-order valence-corrected chi connectivity index (χ3v) is 5.58. The highest BCUT2D eigenvalue weighted by Gasteiger charge is 2.27. The van der Waals surface area contributed by atoms with Crippen LogP contribution in [-0.4, -0.2) is 47.1 Å². The number of pyridine rings is 1. The van der Waals surface area contributed by atoms with Crippen LogP contribution in [0.4, 0.5) is 0 Å². The summed E-state index contributed by atoms with van der Waals surface area (Å²) in [6, 6.07) is 11.3. The first kappa shape index (κ1) is 20.2. The lowest BCUT2D eigenvalue weighted by Crippen LogP contribution is -2.34. The molecule has 30 heavy (non-hydrogen) atoms. The van der Waals surface area contributed by atoms with Crippen molar-refractivity contribution < 1.29 is 14.3 Å². The molecule has 0 fully saturated rings. The van der Waals surface area contributed by atoms with E-state index in [1.807, 2.05) is 25.3 Å². The number of carbonyl (C=O) groups excluding carboxylic acids is 1. The number of aryl methyl sites for hydroxylation is 1. The van der Waals surface area contributed by atoms with Gasteiger partial charge in [0.05, 0.1) is 24.9 Å². The summed E-state index contributed by atoms with van der Waals surface area (Å²) in [6.07, 6.45) is 4.16. The third kappa shape index (κ3) is 4.09. The number of thioether (sulfide) groups is 1. The Bertz CT molecular complexity index is 1070. The van der Waals surface area contributed by atoms with Crippen LogP contribution < -0.4 is 14.8 Å². The van der Waals surface area contributed by atoms with Crippen LogP contribution in [0.1, 0.15) is 21.5 Å². The quantitative estimate of drug-likeness (QED) is 0.610. The summed E-state index contributed by atoms with van der Waals surface area (Å²) in [4.78, 5) is 16.9. The summed E-state index contributed by atoms with van der Waals surface area (Å²) in [7, 11) is 1.56. The molecule has 7 nitrogen and oxygen atoms in total. The van der Waals surface area contributed by atoms with Crippen molar-refractivity contribution in [3.8, 4) is 22.9 Å². The van der Waals surface area contributed by atoms with Crippen LogP contribution in [0.2, 0.25) is 0 Å². The van der Waals surface area contributed by atoms with Gasteiger partial charge in [-0.1, -0.05) is 6.07 Å². The van der Waals surface area contributed by atoms with Gasteiger partial charge < -0.3 is 14.8 Å². The summed E-state index contributed by atoms with van der Waals surface area (Å²) < 4.78 is 11.3. The number of carbonyl (C=O) groups is 1. The number of nitrogens with zero attached hydrogens (tertiary/aromatic N) is 3. The zero-order valence-electron chi connectivity index (χ0n) is 17.0. The molecule has 1 aromatic carbocycles. The van der Waals surface area contributed by atoms with Crippen molar-refractivity contribution >= 4 is 17.7 Å². The molecule has 2 aromatic heterocycles. The van der Waals surface area contributed by atoms with E-state index in [4.69, 9.17) is 9.47 Å². The molecule has 3 heterocycles. The molecule has 0 spiro atoms. The lowest BCUT2D eigenvalue weighted by Gasteiger charge is -2.14. The Hall–Kier alpha value is -3.13. The maximum atomic E-state index is 12.6. The van der Waals surface area contributed by atoms with Crippen LogP contribution in [0.25, 0.3) is 11.3 Å². The molecule has 1 aliphatic rings. The molecule has 0 unspecified atom stereocenters. The van der Waals surface area contributed by atoms with E-state index in [1.54, 1.807) is 31.5 Å². The minimum atomic E-state index is -0.149. The van der Waals surface area contributed by atoms with Gasteiger partial charge in [-0.3, -0.25) is 4.79 Å². The van der Waals surface area contributed by atoms with Crippen molar-refractivity contribution in [1.82, 2.24) is 20.5 Å². The first-order chi connectivity index (χ1) is 14.6. The lowest BCUT2D eigenvalue weighted by molar-refractivity contribution is 0.0930. The zero-order chi connectivity index (χ0) is 21.1. The minimum Gasteiger partial charge on any atom is -0.487 e. The largest absolute Gasteiger partial charge is 0.487 e. The molecule has 0 saturated heterocycles. The first-order valence-corrected chi connectivity index (χ1v) is 10.8. The van der Waals surface area contributed by atoms with Crippen molar-refractivity contribution in [3.05, 3.63) is 59.3 Å². The predicted octanol–water partition coefficient (Wildman–Crippen LogP) is 3.31. The van der Waals surface area contributed by atoms with Crippen LogP contribution >= 0.6 is 11.8 Å². The van der Waals surface area contributed by atoms with Crippen molar-refractivity contribution in [2.75, 3.05) is 19.9 Å². The van der Waals surface area contributed by atoms with Gasteiger partial charge in [0.15, 0.2) is 0 Å². The van der Waals surface area contributed by atoms with E-state index >= 15 is 0 Å². The maximum absolute atomic E-state index is 12.6.